The molecule has 0 unspecified atom stereocenters. The number of nitrogens with one attached hydrogen (secondary N) is 1. The summed E-state index contributed by atoms with van der Waals surface area (Å²) in [5, 5.41) is 4.08. The molecule has 100 valence electrons. The van der Waals surface area contributed by atoms with Crippen LogP contribution in [0.4, 0.5) is 5.69 Å². The fourth-order valence-corrected chi connectivity index (χ4v) is 1.58. The lowest BCUT2D eigenvalue weighted by atomic mass is 10.3. The second-order valence-corrected chi connectivity index (χ2v) is 4.64. The van der Waals surface area contributed by atoms with Gasteiger partial charge < -0.3 is 9.47 Å². The molecule has 0 radical (unpaired) electrons. The third kappa shape index (κ3) is 3.03. The number of para-hydroxylation sites is 1. The standard InChI is InChI=1S/C12H11ClN2O4/c1-12(2)18-10(16)9(11(17)19-12)15-14-8-6-4-3-5-7(8)13/h3-6,14H,1-2H3. The van der Waals surface area contributed by atoms with Crippen LogP contribution in [0.5, 0.6) is 0 Å². The van der Waals surface area contributed by atoms with Crippen molar-refractivity contribution in [1.29, 1.82) is 0 Å². The molecule has 1 fully saturated rings. The van der Waals surface area contributed by atoms with Gasteiger partial charge in [-0.15, -0.1) is 0 Å². The van der Waals surface area contributed by atoms with Crippen LogP contribution < -0.4 is 5.43 Å². The van der Waals surface area contributed by atoms with Gasteiger partial charge in [0.25, 0.3) is 11.5 Å². The first-order valence-electron chi connectivity index (χ1n) is 5.44. The number of cyclic esters (lactones) is 2. The molecule has 7 heteroatoms. The van der Waals surface area contributed by atoms with Gasteiger partial charge in [0.1, 0.15) is 0 Å². The second-order valence-electron chi connectivity index (χ2n) is 4.23. The van der Waals surface area contributed by atoms with Gasteiger partial charge in [-0.1, -0.05) is 23.7 Å². The summed E-state index contributed by atoms with van der Waals surface area (Å²) in [5.74, 6) is -2.97. The molecule has 0 amide bonds. The zero-order valence-electron chi connectivity index (χ0n) is 10.3. The predicted molar refractivity (Wildman–Crippen MR) is 68.8 cm³/mol. The maximum atomic E-state index is 11.6. The minimum atomic E-state index is -1.28. The molecule has 1 aliphatic heterocycles. The number of hydrazone groups is 1. The first kappa shape index (κ1) is 13.4. The van der Waals surface area contributed by atoms with Gasteiger partial charge in [0.05, 0.1) is 10.7 Å². The molecule has 1 saturated heterocycles. The average molecular weight is 283 g/mol. The fourth-order valence-electron chi connectivity index (χ4n) is 1.41. The number of carbonyl (C=O) groups excluding carboxylic acids is 2. The Balaban J connectivity index is 2.18. The molecule has 2 rings (SSSR count). The van der Waals surface area contributed by atoms with Gasteiger partial charge in [-0.05, 0) is 12.1 Å². The highest BCUT2D eigenvalue weighted by Crippen LogP contribution is 2.21. The highest BCUT2D eigenvalue weighted by atomic mass is 35.5. The number of nitrogens with zero attached hydrogens (tertiary/aromatic N) is 1. The summed E-state index contributed by atoms with van der Waals surface area (Å²) in [7, 11) is 0. The van der Waals surface area contributed by atoms with E-state index in [1.165, 1.54) is 13.8 Å². The van der Waals surface area contributed by atoms with Gasteiger partial charge in [0.15, 0.2) is 0 Å². The predicted octanol–water partition coefficient (Wildman–Crippen LogP) is 1.94. The first-order valence-corrected chi connectivity index (χ1v) is 5.82. The molecule has 0 atom stereocenters. The number of esters is 2. The molecular weight excluding hydrogens is 272 g/mol. The van der Waals surface area contributed by atoms with Crippen LogP contribution >= 0.6 is 11.6 Å². The lowest BCUT2D eigenvalue weighted by molar-refractivity contribution is -0.214. The van der Waals surface area contributed by atoms with Crippen molar-refractivity contribution in [2.75, 3.05) is 5.43 Å². The summed E-state index contributed by atoms with van der Waals surface area (Å²) < 4.78 is 9.78. The SMILES string of the molecule is CC1(C)OC(=O)C(=NNc2ccccc2Cl)C(=O)O1. The van der Waals surface area contributed by atoms with E-state index in [0.29, 0.717) is 10.7 Å². The van der Waals surface area contributed by atoms with Gasteiger partial charge in [0, 0.05) is 13.8 Å². The zero-order valence-corrected chi connectivity index (χ0v) is 11.0. The maximum Gasteiger partial charge on any atom is 0.369 e. The van der Waals surface area contributed by atoms with Crippen LogP contribution in [0, 0.1) is 0 Å². The lowest BCUT2D eigenvalue weighted by Gasteiger charge is -2.28. The third-order valence-corrected chi connectivity index (χ3v) is 2.56. The first-order chi connectivity index (χ1) is 8.89. The van der Waals surface area contributed by atoms with Crippen LogP contribution in [0.25, 0.3) is 0 Å². The Morgan fingerprint density at radius 3 is 2.32 bits per heavy atom. The Labute approximate surface area is 114 Å². The van der Waals surface area contributed by atoms with Gasteiger partial charge in [-0.25, -0.2) is 9.59 Å². The summed E-state index contributed by atoms with van der Waals surface area (Å²) in [6.07, 6.45) is 0. The van der Waals surface area contributed by atoms with Crippen LogP contribution in [0.2, 0.25) is 5.02 Å². The van der Waals surface area contributed by atoms with Crippen LogP contribution in [-0.4, -0.2) is 23.4 Å². The van der Waals surface area contributed by atoms with Crippen molar-refractivity contribution in [1.82, 2.24) is 0 Å². The summed E-state index contributed by atoms with van der Waals surface area (Å²) in [4.78, 5) is 23.2. The Hall–Kier alpha value is -2.08. The van der Waals surface area contributed by atoms with E-state index in [-0.39, 0.29) is 0 Å². The molecule has 1 heterocycles. The molecule has 6 nitrogen and oxygen atoms in total. The molecule has 1 aliphatic rings. The van der Waals surface area contributed by atoms with Crippen molar-refractivity contribution < 1.29 is 19.1 Å². The van der Waals surface area contributed by atoms with E-state index in [9.17, 15) is 9.59 Å². The fraction of sp³-hybridized carbons (Fsp3) is 0.250. The van der Waals surface area contributed by atoms with Gasteiger partial charge in [-0.3, -0.25) is 5.43 Å². The zero-order chi connectivity index (χ0) is 14.0. The molecule has 1 N–H and O–H groups in total. The smallest absolute Gasteiger partial charge is 0.369 e. The maximum absolute atomic E-state index is 11.6. The number of anilines is 1. The number of rotatable bonds is 2. The van der Waals surface area contributed by atoms with Crippen molar-refractivity contribution in [2.45, 2.75) is 19.6 Å². The number of carbonyl (C=O) groups is 2. The molecule has 1 aromatic carbocycles. The van der Waals surface area contributed by atoms with Crippen molar-refractivity contribution in [3.05, 3.63) is 29.3 Å². The topological polar surface area (TPSA) is 77.0 Å². The van der Waals surface area contributed by atoms with Crippen LogP contribution in [0.1, 0.15) is 13.8 Å². The minimum absolute atomic E-state index is 0.407. The third-order valence-electron chi connectivity index (χ3n) is 2.23. The highest BCUT2D eigenvalue weighted by molar-refractivity contribution is 6.63. The Bertz CT molecular complexity index is 547. The molecule has 0 spiro atoms. The number of ether oxygens (including phenoxy) is 2. The summed E-state index contributed by atoms with van der Waals surface area (Å²) in [6.45, 7) is 2.92. The van der Waals surface area contributed by atoms with Crippen LogP contribution in [0.15, 0.2) is 29.4 Å². The molecule has 0 aromatic heterocycles. The summed E-state index contributed by atoms with van der Waals surface area (Å²) >= 11 is 5.90. The van der Waals surface area contributed by atoms with Crippen molar-refractivity contribution >= 4 is 34.9 Å². The Morgan fingerprint density at radius 2 is 1.74 bits per heavy atom. The van der Waals surface area contributed by atoms with E-state index in [0.717, 1.165) is 0 Å². The van der Waals surface area contributed by atoms with Gasteiger partial charge in [-0.2, -0.15) is 5.10 Å². The number of halogens is 1. The highest BCUT2D eigenvalue weighted by Gasteiger charge is 2.40. The van der Waals surface area contributed by atoms with E-state index in [1.54, 1.807) is 24.3 Å². The second kappa shape index (κ2) is 4.89. The molecule has 1 aromatic rings. The van der Waals surface area contributed by atoms with E-state index in [1.807, 2.05) is 0 Å². The van der Waals surface area contributed by atoms with Gasteiger partial charge >= 0.3 is 11.9 Å². The van der Waals surface area contributed by atoms with E-state index in [4.69, 9.17) is 21.1 Å². The van der Waals surface area contributed by atoms with E-state index < -0.39 is 23.4 Å². The van der Waals surface area contributed by atoms with E-state index >= 15 is 0 Å². The van der Waals surface area contributed by atoms with Crippen LogP contribution in [-0.2, 0) is 19.1 Å². The average Bonchev–Trinajstić information content (AvgIpc) is 2.28. The Morgan fingerprint density at radius 1 is 1.16 bits per heavy atom. The molecule has 0 bridgehead atoms. The van der Waals surface area contributed by atoms with Crippen molar-refractivity contribution in [3.8, 4) is 0 Å². The number of benzene rings is 1. The van der Waals surface area contributed by atoms with Crippen molar-refractivity contribution in [3.63, 3.8) is 0 Å². The molecular formula is C12H11ClN2O4. The number of hydrogen-bond donors (Lipinski definition) is 1. The van der Waals surface area contributed by atoms with Crippen molar-refractivity contribution in [2.24, 2.45) is 5.10 Å². The molecule has 0 aliphatic carbocycles. The normalized spacial score (nSPS) is 17.5. The monoisotopic (exact) mass is 282 g/mol. The molecule has 19 heavy (non-hydrogen) atoms. The summed E-state index contributed by atoms with van der Waals surface area (Å²) in [6, 6.07) is 6.77. The lowest BCUT2D eigenvalue weighted by Crippen LogP contribution is -2.47. The minimum Gasteiger partial charge on any atom is -0.418 e. The number of hydrogen-bond acceptors (Lipinski definition) is 6. The van der Waals surface area contributed by atoms with Gasteiger partial charge in [0.2, 0.25) is 0 Å². The Kier molecular flexibility index (Phi) is 3.44. The van der Waals surface area contributed by atoms with E-state index in [2.05, 4.69) is 10.5 Å². The largest absolute Gasteiger partial charge is 0.418 e. The molecule has 0 saturated carbocycles. The summed E-state index contributed by atoms with van der Waals surface area (Å²) in [5.41, 5.74) is 2.53. The van der Waals surface area contributed by atoms with Crippen LogP contribution in [0.3, 0.4) is 0 Å². The quantitative estimate of drug-likeness (QED) is 0.662.